The van der Waals surface area contributed by atoms with Crippen LogP contribution >= 0.6 is 0 Å². The zero-order chi connectivity index (χ0) is 17.3. The van der Waals surface area contributed by atoms with Crippen LogP contribution in [0.4, 0.5) is 0 Å². The van der Waals surface area contributed by atoms with E-state index < -0.39 is 0 Å². The number of amides is 1. The second-order valence-electron chi connectivity index (χ2n) is 7.21. The zero-order valence-electron chi connectivity index (χ0n) is 14.5. The van der Waals surface area contributed by atoms with Gasteiger partial charge in [-0.15, -0.1) is 0 Å². The monoisotopic (exact) mass is 341 g/mol. The Balaban J connectivity index is 1.33. The summed E-state index contributed by atoms with van der Waals surface area (Å²) in [4.78, 5) is 22.6. The first kappa shape index (κ1) is 16.2. The van der Waals surface area contributed by atoms with Gasteiger partial charge in [-0.25, -0.2) is 9.97 Å². The second kappa shape index (κ2) is 6.55. The van der Waals surface area contributed by atoms with Gasteiger partial charge in [0.1, 0.15) is 6.33 Å². The van der Waals surface area contributed by atoms with Crippen molar-refractivity contribution in [1.82, 2.24) is 24.6 Å². The number of rotatable bonds is 3. The fraction of sp³-hybridized carbons (Fsp3) is 0.556. The van der Waals surface area contributed by atoms with E-state index in [9.17, 15) is 4.79 Å². The predicted octanol–water partition coefficient (Wildman–Crippen LogP) is 1.46. The van der Waals surface area contributed by atoms with Crippen molar-refractivity contribution in [2.75, 3.05) is 19.7 Å². The van der Waals surface area contributed by atoms with Crippen LogP contribution in [-0.2, 0) is 18.2 Å². The molecule has 1 amide bonds. The smallest absolute Gasteiger partial charge is 0.257 e. The molecule has 0 aromatic carbocycles. The van der Waals surface area contributed by atoms with Gasteiger partial charge in [0.15, 0.2) is 0 Å². The van der Waals surface area contributed by atoms with E-state index in [1.54, 1.807) is 23.4 Å². The maximum atomic E-state index is 12.5. The van der Waals surface area contributed by atoms with Crippen LogP contribution in [0.5, 0.6) is 0 Å². The number of carbonyl (C=O) groups excluding carboxylic acids is 1. The Morgan fingerprint density at radius 1 is 1.28 bits per heavy atom. The van der Waals surface area contributed by atoms with Crippen molar-refractivity contribution in [2.24, 2.45) is 13.0 Å². The van der Waals surface area contributed by atoms with Gasteiger partial charge >= 0.3 is 0 Å². The maximum Gasteiger partial charge on any atom is 0.257 e. The van der Waals surface area contributed by atoms with Gasteiger partial charge in [-0.1, -0.05) is 0 Å². The first-order valence-corrected chi connectivity index (χ1v) is 8.79. The molecule has 25 heavy (non-hydrogen) atoms. The fourth-order valence-electron chi connectivity index (χ4n) is 4.02. The van der Waals surface area contributed by atoms with E-state index >= 15 is 0 Å². The molecule has 4 rings (SSSR count). The lowest BCUT2D eigenvalue weighted by atomic mass is 9.83. The molecule has 1 unspecified atom stereocenters. The van der Waals surface area contributed by atoms with Gasteiger partial charge in [-0.3, -0.25) is 9.48 Å². The molecule has 0 N–H and O–H groups in total. The third-order valence-corrected chi connectivity index (χ3v) is 5.34. The molecule has 7 heteroatoms. The topological polar surface area (TPSA) is 73.1 Å². The highest BCUT2D eigenvalue weighted by Gasteiger charge is 2.43. The number of carbonyl (C=O) groups is 1. The highest BCUT2D eigenvalue weighted by molar-refractivity contribution is 5.93. The molecular weight excluding hydrogens is 318 g/mol. The van der Waals surface area contributed by atoms with Crippen LogP contribution in [-0.4, -0.2) is 55.9 Å². The highest BCUT2D eigenvalue weighted by Crippen LogP contribution is 2.39. The van der Waals surface area contributed by atoms with Gasteiger partial charge in [0, 0.05) is 38.7 Å². The van der Waals surface area contributed by atoms with Gasteiger partial charge in [0.2, 0.25) is 0 Å². The molecular formula is C18H23N5O2. The minimum Gasteiger partial charge on any atom is -0.375 e. The Morgan fingerprint density at radius 2 is 2.04 bits per heavy atom. The summed E-state index contributed by atoms with van der Waals surface area (Å²) in [7, 11) is 1.83. The number of aromatic nitrogens is 4. The molecule has 2 fully saturated rings. The van der Waals surface area contributed by atoms with E-state index in [0.717, 1.165) is 50.9 Å². The SMILES string of the molecule is Cn1cc(C(=O)N2CCC3(CC2)CC(Cc2cncnc2)CO3)cn1. The lowest BCUT2D eigenvalue weighted by Crippen LogP contribution is -2.46. The van der Waals surface area contributed by atoms with Gasteiger partial charge in [0.25, 0.3) is 5.91 Å². The highest BCUT2D eigenvalue weighted by atomic mass is 16.5. The number of aryl methyl sites for hydroxylation is 1. The van der Waals surface area contributed by atoms with Crippen LogP contribution in [0, 0.1) is 5.92 Å². The number of hydrogen-bond acceptors (Lipinski definition) is 5. The van der Waals surface area contributed by atoms with Crippen LogP contribution in [0.25, 0.3) is 0 Å². The Hall–Kier alpha value is -2.28. The van der Waals surface area contributed by atoms with E-state index in [-0.39, 0.29) is 11.5 Å². The van der Waals surface area contributed by atoms with Crippen molar-refractivity contribution in [2.45, 2.75) is 31.3 Å². The molecule has 4 heterocycles. The molecule has 0 aliphatic carbocycles. The Kier molecular flexibility index (Phi) is 4.25. The van der Waals surface area contributed by atoms with Crippen LogP contribution in [0.2, 0.25) is 0 Å². The molecule has 2 aromatic rings. The molecule has 0 bridgehead atoms. The van der Waals surface area contributed by atoms with Gasteiger partial charge in [0.05, 0.1) is 24.0 Å². The summed E-state index contributed by atoms with van der Waals surface area (Å²) in [6.07, 6.45) is 12.6. The quantitative estimate of drug-likeness (QED) is 0.845. The molecule has 1 spiro atoms. The van der Waals surface area contributed by atoms with Gasteiger partial charge < -0.3 is 9.64 Å². The third kappa shape index (κ3) is 3.42. The first-order chi connectivity index (χ1) is 12.1. The molecule has 2 aliphatic rings. The number of hydrogen-bond donors (Lipinski definition) is 0. The molecule has 7 nitrogen and oxygen atoms in total. The molecule has 132 valence electrons. The number of nitrogens with zero attached hydrogens (tertiary/aromatic N) is 5. The summed E-state index contributed by atoms with van der Waals surface area (Å²) < 4.78 is 7.87. The maximum absolute atomic E-state index is 12.5. The van der Waals surface area contributed by atoms with Gasteiger partial charge in [-0.05, 0) is 37.2 Å². The summed E-state index contributed by atoms with van der Waals surface area (Å²) in [5.74, 6) is 0.575. The van der Waals surface area contributed by atoms with Crippen LogP contribution in [0.1, 0.15) is 35.2 Å². The lowest BCUT2D eigenvalue weighted by molar-refractivity contribution is -0.0391. The third-order valence-electron chi connectivity index (χ3n) is 5.34. The number of likely N-dealkylation sites (tertiary alicyclic amines) is 1. The summed E-state index contributed by atoms with van der Waals surface area (Å²) in [5, 5.41) is 4.09. The van der Waals surface area contributed by atoms with E-state index in [4.69, 9.17) is 4.74 Å². The first-order valence-electron chi connectivity index (χ1n) is 8.79. The Morgan fingerprint density at radius 3 is 2.72 bits per heavy atom. The summed E-state index contributed by atoms with van der Waals surface area (Å²) in [5.41, 5.74) is 1.76. The van der Waals surface area contributed by atoms with E-state index in [1.165, 1.54) is 0 Å². The molecule has 1 atom stereocenters. The zero-order valence-corrected chi connectivity index (χ0v) is 14.5. The second-order valence-corrected chi connectivity index (χ2v) is 7.21. The molecule has 0 radical (unpaired) electrons. The summed E-state index contributed by atoms with van der Waals surface area (Å²) >= 11 is 0. The standard InChI is InChI=1S/C18H23N5O2/c1-22-11-16(10-21-22)17(24)23-4-2-18(3-5-23)7-14(12-25-18)6-15-8-19-13-20-9-15/h8-11,13-14H,2-7,12H2,1H3. The van der Waals surface area contributed by atoms with Crippen molar-refractivity contribution in [3.8, 4) is 0 Å². The number of ether oxygens (including phenoxy) is 1. The largest absolute Gasteiger partial charge is 0.375 e. The average Bonchev–Trinajstić information content (AvgIpc) is 3.23. The Bertz CT molecular complexity index is 737. The molecule has 2 aliphatic heterocycles. The van der Waals surface area contributed by atoms with Crippen molar-refractivity contribution >= 4 is 5.91 Å². The Labute approximate surface area is 147 Å². The minimum absolute atomic E-state index is 0.0635. The summed E-state index contributed by atoms with van der Waals surface area (Å²) in [6.45, 7) is 2.27. The van der Waals surface area contributed by atoms with Crippen molar-refractivity contribution in [3.05, 3.63) is 42.2 Å². The molecule has 0 saturated carbocycles. The number of piperidine rings is 1. The molecule has 2 aromatic heterocycles. The van der Waals surface area contributed by atoms with Crippen LogP contribution < -0.4 is 0 Å². The van der Waals surface area contributed by atoms with E-state index in [0.29, 0.717) is 11.5 Å². The minimum atomic E-state index is -0.0635. The van der Waals surface area contributed by atoms with E-state index in [1.807, 2.05) is 24.3 Å². The van der Waals surface area contributed by atoms with Crippen LogP contribution in [0.3, 0.4) is 0 Å². The van der Waals surface area contributed by atoms with E-state index in [2.05, 4.69) is 15.1 Å². The summed E-state index contributed by atoms with van der Waals surface area (Å²) in [6, 6.07) is 0. The predicted molar refractivity (Wildman–Crippen MR) is 90.9 cm³/mol. The lowest BCUT2D eigenvalue weighted by Gasteiger charge is -2.38. The van der Waals surface area contributed by atoms with Crippen molar-refractivity contribution in [1.29, 1.82) is 0 Å². The van der Waals surface area contributed by atoms with Crippen LogP contribution in [0.15, 0.2) is 31.1 Å². The van der Waals surface area contributed by atoms with Crippen molar-refractivity contribution in [3.63, 3.8) is 0 Å². The average molecular weight is 341 g/mol. The fourth-order valence-corrected chi connectivity index (χ4v) is 4.02. The van der Waals surface area contributed by atoms with Crippen molar-refractivity contribution < 1.29 is 9.53 Å². The van der Waals surface area contributed by atoms with Gasteiger partial charge in [-0.2, -0.15) is 5.10 Å². The normalized spacial score (nSPS) is 22.4. The molecule has 2 saturated heterocycles.